The number of hydrogen-bond donors (Lipinski definition) is 0. The van der Waals surface area contributed by atoms with Gasteiger partial charge in [-0.3, -0.25) is 0 Å². The van der Waals surface area contributed by atoms with Gasteiger partial charge in [0.05, 0.1) is 9.04 Å². The Labute approximate surface area is 94.5 Å². The van der Waals surface area contributed by atoms with Crippen molar-refractivity contribution in [2.75, 3.05) is 0 Å². The first kappa shape index (κ1) is 14.8. The standard InChI is InChI=1S/C8H24O2Si4/c1-11-14(7,8)10-13(5,6)9-12(2,3)4/h1-8H3. The van der Waals surface area contributed by atoms with Crippen molar-refractivity contribution in [1.82, 2.24) is 0 Å². The van der Waals surface area contributed by atoms with E-state index in [0.717, 1.165) is 9.04 Å². The van der Waals surface area contributed by atoms with E-state index in [9.17, 15) is 0 Å². The normalized spacial score (nSPS) is 14.6. The summed E-state index contributed by atoms with van der Waals surface area (Å²) < 4.78 is 12.4. The van der Waals surface area contributed by atoms with Crippen LogP contribution in [0.15, 0.2) is 0 Å². The van der Waals surface area contributed by atoms with Crippen LogP contribution in [0.2, 0.25) is 52.4 Å². The van der Waals surface area contributed by atoms with Gasteiger partial charge in [-0.2, -0.15) is 0 Å². The van der Waals surface area contributed by atoms with Crippen LogP contribution in [0.3, 0.4) is 0 Å². The molecule has 0 atom stereocenters. The highest BCUT2D eigenvalue weighted by Crippen LogP contribution is 2.19. The molecular formula is C8H24O2Si4. The summed E-state index contributed by atoms with van der Waals surface area (Å²) in [5, 5.41) is 0. The molecule has 0 saturated carbocycles. The summed E-state index contributed by atoms with van der Waals surface area (Å²) >= 11 is 0. The molecule has 0 rings (SSSR count). The Morgan fingerprint density at radius 1 is 0.786 bits per heavy atom. The van der Waals surface area contributed by atoms with Gasteiger partial charge in [-0.15, -0.1) is 0 Å². The molecule has 0 unspecified atom stereocenters. The Morgan fingerprint density at radius 2 is 1.21 bits per heavy atom. The monoisotopic (exact) mass is 264 g/mol. The number of rotatable bonds is 5. The molecule has 0 saturated heterocycles. The molecule has 0 bridgehead atoms. The highest BCUT2D eigenvalue weighted by atomic mass is 29.2. The largest absolute Gasteiger partial charge is 0.440 e. The van der Waals surface area contributed by atoms with Crippen molar-refractivity contribution in [3.8, 4) is 0 Å². The Kier molecular flexibility index (Phi) is 5.02. The summed E-state index contributed by atoms with van der Waals surface area (Å²) in [4.78, 5) is 0. The molecule has 0 aromatic heterocycles. The average molecular weight is 265 g/mol. The Morgan fingerprint density at radius 3 is 1.50 bits per heavy atom. The number of hydrogen-bond acceptors (Lipinski definition) is 2. The van der Waals surface area contributed by atoms with E-state index < -0.39 is 24.7 Å². The van der Waals surface area contributed by atoms with E-state index in [1.807, 2.05) is 0 Å². The molecule has 0 aromatic carbocycles. The molecule has 0 aromatic rings. The smallest absolute Gasteiger partial charge is 0.310 e. The molecule has 0 aliphatic heterocycles. The lowest BCUT2D eigenvalue weighted by Gasteiger charge is -2.37. The third-order valence-corrected chi connectivity index (χ3v) is 15.8. The van der Waals surface area contributed by atoms with E-state index in [0.29, 0.717) is 0 Å². The van der Waals surface area contributed by atoms with Crippen molar-refractivity contribution in [3.05, 3.63) is 0 Å². The highest BCUT2D eigenvalue weighted by molar-refractivity contribution is 7.21. The van der Waals surface area contributed by atoms with Gasteiger partial charge in [0.25, 0.3) is 0 Å². The Balaban J connectivity index is 4.35. The van der Waals surface area contributed by atoms with Gasteiger partial charge in [-0.05, 0) is 45.8 Å². The van der Waals surface area contributed by atoms with Crippen LogP contribution < -0.4 is 0 Å². The summed E-state index contributed by atoms with van der Waals surface area (Å²) in [6.45, 7) is 17.9. The van der Waals surface area contributed by atoms with Crippen LogP contribution in [0, 0.1) is 0 Å². The lowest BCUT2D eigenvalue weighted by atomic mass is 11.8. The molecule has 84 valence electrons. The first-order chi connectivity index (χ1) is 5.97. The van der Waals surface area contributed by atoms with Crippen LogP contribution >= 0.6 is 0 Å². The van der Waals surface area contributed by atoms with E-state index in [2.05, 4.69) is 52.4 Å². The van der Waals surface area contributed by atoms with Crippen LogP contribution in [0.25, 0.3) is 0 Å². The summed E-state index contributed by atoms with van der Waals surface area (Å²) in [7, 11) is -3.80. The minimum Gasteiger partial charge on any atom is -0.440 e. The molecule has 14 heavy (non-hydrogen) atoms. The molecule has 0 N–H and O–H groups in total. The van der Waals surface area contributed by atoms with Crippen molar-refractivity contribution in [2.45, 2.75) is 52.4 Å². The molecule has 2 nitrogen and oxygen atoms in total. The molecule has 0 amide bonds. The third kappa shape index (κ3) is 7.13. The molecule has 0 heterocycles. The lowest BCUT2D eigenvalue weighted by molar-refractivity contribution is 0.401. The fourth-order valence-corrected chi connectivity index (χ4v) is 16.3. The van der Waals surface area contributed by atoms with Crippen molar-refractivity contribution >= 4 is 33.8 Å². The maximum Gasteiger partial charge on any atom is 0.310 e. The SMILES string of the molecule is C[Si][Si](C)(C)O[Si](C)(C)O[Si](C)(C)C. The second-order valence-electron chi connectivity index (χ2n) is 5.48. The van der Waals surface area contributed by atoms with Gasteiger partial charge in [0.15, 0.2) is 16.2 Å². The van der Waals surface area contributed by atoms with E-state index in [1.165, 1.54) is 0 Å². The zero-order chi connectivity index (χ0) is 11.6. The molecule has 0 aliphatic carbocycles. The van der Waals surface area contributed by atoms with Crippen LogP contribution in [0.1, 0.15) is 0 Å². The molecule has 6 heteroatoms. The first-order valence-corrected chi connectivity index (χ1v) is 16.7. The predicted molar refractivity (Wildman–Crippen MR) is 72.1 cm³/mol. The van der Waals surface area contributed by atoms with Gasteiger partial charge in [-0.25, -0.2) is 0 Å². The molecular weight excluding hydrogens is 240 g/mol. The van der Waals surface area contributed by atoms with Gasteiger partial charge in [-0.1, -0.05) is 6.55 Å². The maximum atomic E-state index is 6.25. The highest BCUT2D eigenvalue weighted by Gasteiger charge is 2.36. The van der Waals surface area contributed by atoms with Gasteiger partial charge < -0.3 is 8.23 Å². The van der Waals surface area contributed by atoms with Gasteiger partial charge >= 0.3 is 8.56 Å². The van der Waals surface area contributed by atoms with E-state index >= 15 is 0 Å². The molecule has 0 spiro atoms. The summed E-state index contributed by atoms with van der Waals surface area (Å²) in [5.74, 6) is 0. The zero-order valence-corrected chi connectivity index (χ0v) is 14.8. The van der Waals surface area contributed by atoms with Gasteiger partial charge in [0, 0.05) is 0 Å². The van der Waals surface area contributed by atoms with Crippen molar-refractivity contribution in [3.63, 3.8) is 0 Å². The summed E-state index contributed by atoms with van der Waals surface area (Å²) in [6, 6.07) is 0. The molecule has 2 radical (unpaired) electrons. The predicted octanol–water partition coefficient (Wildman–Crippen LogP) is 3.01. The molecule has 0 fully saturated rings. The Hall–Kier alpha value is 0.788. The van der Waals surface area contributed by atoms with Crippen LogP contribution in [0.5, 0.6) is 0 Å². The van der Waals surface area contributed by atoms with Crippen LogP contribution in [-0.2, 0) is 8.23 Å². The zero-order valence-electron chi connectivity index (χ0n) is 10.8. The third-order valence-electron chi connectivity index (χ3n) is 1.65. The van der Waals surface area contributed by atoms with Crippen molar-refractivity contribution < 1.29 is 8.23 Å². The van der Waals surface area contributed by atoms with E-state index in [1.54, 1.807) is 0 Å². The summed E-state index contributed by atoms with van der Waals surface area (Å²) in [6.07, 6.45) is 0. The lowest BCUT2D eigenvalue weighted by Crippen LogP contribution is -2.53. The summed E-state index contributed by atoms with van der Waals surface area (Å²) in [5.41, 5.74) is 0. The van der Waals surface area contributed by atoms with Crippen LogP contribution in [-0.4, -0.2) is 33.8 Å². The van der Waals surface area contributed by atoms with Crippen molar-refractivity contribution in [1.29, 1.82) is 0 Å². The Bertz CT molecular complexity index is 186. The second-order valence-corrected chi connectivity index (χ2v) is 22.8. The quantitative estimate of drug-likeness (QED) is 0.711. The fourth-order valence-electron chi connectivity index (χ4n) is 1.42. The topological polar surface area (TPSA) is 18.5 Å². The van der Waals surface area contributed by atoms with Crippen molar-refractivity contribution in [2.24, 2.45) is 0 Å². The first-order valence-electron chi connectivity index (χ1n) is 5.07. The van der Waals surface area contributed by atoms with Crippen LogP contribution in [0.4, 0.5) is 0 Å². The minimum atomic E-state index is -1.86. The van der Waals surface area contributed by atoms with E-state index in [-0.39, 0.29) is 0 Å². The molecule has 0 aliphatic rings. The van der Waals surface area contributed by atoms with Gasteiger partial charge in [0.2, 0.25) is 0 Å². The minimum absolute atomic E-state index is 0.931. The second kappa shape index (κ2) is 4.75. The fraction of sp³-hybridized carbons (Fsp3) is 1.00. The maximum absolute atomic E-state index is 6.25. The van der Waals surface area contributed by atoms with Gasteiger partial charge in [0.1, 0.15) is 0 Å². The van der Waals surface area contributed by atoms with E-state index in [4.69, 9.17) is 8.23 Å². The average Bonchev–Trinajstić information content (AvgIpc) is 1.78.